The van der Waals surface area contributed by atoms with Crippen LogP contribution < -0.4 is 10.6 Å². The van der Waals surface area contributed by atoms with Crippen molar-refractivity contribution in [3.05, 3.63) is 29.8 Å². The second-order valence-corrected chi connectivity index (χ2v) is 5.42. The molecular weight excluding hydrogens is 242 g/mol. The third kappa shape index (κ3) is 5.18. The van der Waals surface area contributed by atoms with Crippen molar-refractivity contribution in [1.29, 1.82) is 0 Å². The van der Waals surface area contributed by atoms with Crippen LogP contribution in [0.5, 0.6) is 0 Å². The Labute approximate surface area is 114 Å². The smallest absolute Gasteiger partial charge is 0.170 e. The monoisotopic (exact) mass is 265 g/mol. The number of oxime groups is 1. The maximum Gasteiger partial charge on any atom is 0.170 e. The Morgan fingerprint density at radius 1 is 1.42 bits per heavy atom. The van der Waals surface area contributed by atoms with Crippen LogP contribution in [0, 0.1) is 0 Å². The molecule has 0 spiro atoms. The fourth-order valence-electron chi connectivity index (χ4n) is 1.58. The maximum absolute atomic E-state index is 8.68. The van der Waals surface area contributed by atoms with Gasteiger partial charge in [0.05, 0.1) is 12.2 Å². The highest BCUT2D eigenvalue weighted by Gasteiger charge is 2.10. The molecule has 106 valence electrons. The second-order valence-electron chi connectivity index (χ2n) is 5.42. The quantitative estimate of drug-likeness (QED) is 0.370. The Morgan fingerprint density at radius 3 is 2.68 bits per heavy atom. The molecule has 0 heterocycles. The predicted octanol–water partition coefficient (Wildman–Crippen LogP) is 2.03. The number of ether oxygens (including phenoxy) is 1. The molecule has 1 rings (SSSR count). The van der Waals surface area contributed by atoms with Gasteiger partial charge >= 0.3 is 0 Å². The first-order chi connectivity index (χ1) is 8.83. The maximum atomic E-state index is 8.68. The normalized spacial score (nSPS) is 12.5. The van der Waals surface area contributed by atoms with Crippen LogP contribution in [0.1, 0.15) is 26.3 Å². The fraction of sp³-hybridized carbons (Fsp3) is 0.500. The van der Waals surface area contributed by atoms with Gasteiger partial charge in [0.25, 0.3) is 0 Å². The first kappa shape index (κ1) is 15.3. The van der Waals surface area contributed by atoms with E-state index in [1.807, 2.05) is 46.0 Å². The van der Waals surface area contributed by atoms with Crippen LogP contribution >= 0.6 is 0 Å². The van der Waals surface area contributed by atoms with Gasteiger partial charge in [0.1, 0.15) is 0 Å². The van der Waals surface area contributed by atoms with Crippen LogP contribution in [0.2, 0.25) is 0 Å². The lowest BCUT2D eigenvalue weighted by Gasteiger charge is -2.24. The molecule has 0 fully saturated rings. The number of anilines is 1. The van der Waals surface area contributed by atoms with Crippen molar-refractivity contribution in [2.24, 2.45) is 10.9 Å². The van der Waals surface area contributed by atoms with Crippen molar-refractivity contribution in [2.75, 3.05) is 25.1 Å². The van der Waals surface area contributed by atoms with Crippen LogP contribution in [0.4, 0.5) is 5.69 Å². The summed E-state index contributed by atoms with van der Waals surface area (Å²) in [5.41, 5.74) is 7.15. The van der Waals surface area contributed by atoms with E-state index in [-0.39, 0.29) is 11.4 Å². The van der Waals surface area contributed by atoms with Gasteiger partial charge in [0.15, 0.2) is 5.84 Å². The molecule has 0 bridgehead atoms. The standard InChI is InChI=1S/C14H23N3O2/c1-14(2,3)19-9-8-17(4)12-7-5-6-11(10-12)13(15)16-18/h5-7,10,18H,8-9H2,1-4H3,(H2,15,16). The Morgan fingerprint density at radius 2 is 2.11 bits per heavy atom. The number of likely N-dealkylation sites (N-methyl/N-ethyl adjacent to an activating group) is 1. The highest BCUT2D eigenvalue weighted by molar-refractivity contribution is 5.97. The minimum Gasteiger partial charge on any atom is -0.409 e. The second kappa shape index (κ2) is 6.43. The lowest BCUT2D eigenvalue weighted by atomic mass is 10.1. The SMILES string of the molecule is CN(CCOC(C)(C)C)c1cccc(/C(N)=N/O)c1. The van der Waals surface area contributed by atoms with Crippen molar-refractivity contribution < 1.29 is 9.94 Å². The van der Waals surface area contributed by atoms with Gasteiger partial charge in [-0.05, 0) is 32.9 Å². The van der Waals surface area contributed by atoms with E-state index in [1.165, 1.54) is 0 Å². The summed E-state index contributed by atoms with van der Waals surface area (Å²) in [6, 6.07) is 7.54. The molecule has 0 radical (unpaired) electrons. The molecule has 5 heteroatoms. The number of hydrogen-bond acceptors (Lipinski definition) is 4. The Bertz CT molecular complexity index is 439. The summed E-state index contributed by atoms with van der Waals surface area (Å²) in [5.74, 6) is 0.112. The van der Waals surface area contributed by atoms with Gasteiger partial charge in [-0.25, -0.2) is 0 Å². The van der Waals surface area contributed by atoms with Crippen molar-refractivity contribution in [1.82, 2.24) is 0 Å². The summed E-state index contributed by atoms with van der Waals surface area (Å²) >= 11 is 0. The first-order valence-corrected chi connectivity index (χ1v) is 6.26. The van der Waals surface area contributed by atoms with E-state index < -0.39 is 0 Å². The van der Waals surface area contributed by atoms with Gasteiger partial charge in [-0.3, -0.25) is 0 Å². The molecule has 3 N–H and O–H groups in total. The zero-order valence-corrected chi connectivity index (χ0v) is 12.1. The van der Waals surface area contributed by atoms with Crippen molar-refractivity contribution in [2.45, 2.75) is 26.4 Å². The van der Waals surface area contributed by atoms with Gasteiger partial charge in [0.2, 0.25) is 0 Å². The van der Waals surface area contributed by atoms with Crippen LogP contribution in [-0.4, -0.2) is 36.8 Å². The molecule has 0 atom stereocenters. The summed E-state index contributed by atoms with van der Waals surface area (Å²) in [6.45, 7) is 7.52. The number of nitrogens with two attached hydrogens (primary N) is 1. The molecule has 0 saturated carbocycles. The molecule has 0 amide bonds. The summed E-state index contributed by atoms with van der Waals surface area (Å²) in [6.07, 6.45) is 0. The Hall–Kier alpha value is -1.75. The van der Waals surface area contributed by atoms with Crippen LogP contribution in [-0.2, 0) is 4.74 Å². The Kier molecular flexibility index (Phi) is 5.18. The summed E-state index contributed by atoms with van der Waals surface area (Å²) < 4.78 is 5.69. The summed E-state index contributed by atoms with van der Waals surface area (Å²) in [4.78, 5) is 2.07. The van der Waals surface area contributed by atoms with E-state index in [0.717, 1.165) is 12.2 Å². The summed E-state index contributed by atoms with van der Waals surface area (Å²) in [5, 5.41) is 11.7. The highest BCUT2D eigenvalue weighted by atomic mass is 16.5. The highest BCUT2D eigenvalue weighted by Crippen LogP contribution is 2.15. The molecule has 0 saturated heterocycles. The van der Waals surface area contributed by atoms with Crippen molar-refractivity contribution >= 4 is 11.5 Å². The number of nitrogens with zero attached hydrogens (tertiary/aromatic N) is 2. The van der Waals surface area contributed by atoms with E-state index in [0.29, 0.717) is 12.2 Å². The van der Waals surface area contributed by atoms with E-state index in [1.54, 1.807) is 6.07 Å². The van der Waals surface area contributed by atoms with E-state index in [9.17, 15) is 0 Å². The van der Waals surface area contributed by atoms with Gasteiger partial charge in [-0.1, -0.05) is 17.3 Å². The molecule has 0 aromatic heterocycles. The van der Waals surface area contributed by atoms with Crippen molar-refractivity contribution in [3.63, 3.8) is 0 Å². The van der Waals surface area contributed by atoms with Crippen LogP contribution in [0.15, 0.2) is 29.4 Å². The van der Waals surface area contributed by atoms with E-state index in [4.69, 9.17) is 15.7 Å². The van der Waals surface area contributed by atoms with Crippen LogP contribution in [0.25, 0.3) is 0 Å². The summed E-state index contributed by atoms with van der Waals surface area (Å²) in [7, 11) is 1.98. The lowest BCUT2D eigenvalue weighted by Crippen LogP contribution is -2.28. The number of rotatable bonds is 5. The predicted molar refractivity (Wildman–Crippen MR) is 77.9 cm³/mol. The molecule has 1 aromatic carbocycles. The van der Waals surface area contributed by atoms with Gasteiger partial charge in [-0.2, -0.15) is 0 Å². The number of amidine groups is 1. The first-order valence-electron chi connectivity index (χ1n) is 6.26. The molecular formula is C14H23N3O2. The van der Waals surface area contributed by atoms with Gasteiger partial charge < -0.3 is 20.6 Å². The van der Waals surface area contributed by atoms with E-state index >= 15 is 0 Å². The molecule has 1 aromatic rings. The molecule has 0 aliphatic carbocycles. The molecule has 0 aliphatic rings. The lowest BCUT2D eigenvalue weighted by molar-refractivity contribution is 0.00168. The number of benzene rings is 1. The average Bonchev–Trinajstić information content (AvgIpc) is 2.36. The van der Waals surface area contributed by atoms with Crippen molar-refractivity contribution in [3.8, 4) is 0 Å². The minimum absolute atomic E-state index is 0.112. The van der Waals surface area contributed by atoms with Gasteiger partial charge in [0, 0.05) is 24.8 Å². The minimum atomic E-state index is -0.128. The zero-order chi connectivity index (χ0) is 14.5. The molecule has 0 unspecified atom stereocenters. The third-order valence-electron chi connectivity index (χ3n) is 2.65. The number of hydrogen-bond donors (Lipinski definition) is 2. The molecule has 5 nitrogen and oxygen atoms in total. The average molecular weight is 265 g/mol. The molecule has 19 heavy (non-hydrogen) atoms. The van der Waals surface area contributed by atoms with E-state index in [2.05, 4.69) is 10.1 Å². The molecule has 0 aliphatic heterocycles. The Balaban J connectivity index is 2.64. The topological polar surface area (TPSA) is 71.1 Å². The zero-order valence-electron chi connectivity index (χ0n) is 12.1. The van der Waals surface area contributed by atoms with Crippen LogP contribution in [0.3, 0.4) is 0 Å². The largest absolute Gasteiger partial charge is 0.409 e. The third-order valence-corrected chi connectivity index (χ3v) is 2.65. The van der Waals surface area contributed by atoms with Gasteiger partial charge in [-0.15, -0.1) is 0 Å². The fourth-order valence-corrected chi connectivity index (χ4v) is 1.58.